The fourth-order valence-corrected chi connectivity index (χ4v) is 1.18. The molecule has 60 valence electrons. The molecule has 0 aliphatic heterocycles. The van der Waals surface area contributed by atoms with Gasteiger partial charge in [-0.2, -0.15) is 0 Å². The molecule has 0 saturated heterocycles. The van der Waals surface area contributed by atoms with Gasteiger partial charge in [0.05, 0.1) is 6.61 Å². The van der Waals surface area contributed by atoms with E-state index < -0.39 is 0 Å². The normalized spacial score (nSPS) is 10.2. The van der Waals surface area contributed by atoms with E-state index in [1.54, 1.807) is 13.8 Å². The van der Waals surface area contributed by atoms with Gasteiger partial charge >= 0.3 is 0 Å². The first kappa shape index (κ1) is 8.43. The number of hydrogen-bond donors (Lipinski definition) is 1. The average molecular weight is 173 g/mol. The van der Waals surface area contributed by atoms with Crippen molar-refractivity contribution in [1.82, 2.24) is 9.97 Å². The number of hydrogen-bond acceptors (Lipinski definition) is 3. The van der Waals surface area contributed by atoms with Crippen LogP contribution >= 0.6 is 11.6 Å². The Morgan fingerprint density at radius 3 is 2.09 bits per heavy atom. The Hall–Kier alpha value is -0.670. The summed E-state index contributed by atoms with van der Waals surface area (Å²) < 4.78 is 0. The van der Waals surface area contributed by atoms with Crippen LogP contribution in [0.15, 0.2) is 0 Å². The number of rotatable bonds is 1. The van der Waals surface area contributed by atoms with Crippen LogP contribution in [0.2, 0.25) is 5.28 Å². The Kier molecular flexibility index (Phi) is 2.42. The number of halogens is 1. The van der Waals surface area contributed by atoms with Crippen LogP contribution in [-0.4, -0.2) is 15.1 Å². The molecular formula is C7H9ClN2O. The minimum absolute atomic E-state index is 0.0329. The SMILES string of the molecule is Cc1nc(Cl)nc(C)c1CO. The topological polar surface area (TPSA) is 46.0 Å². The largest absolute Gasteiger partial charge is 0.392 e. The number of aliphatic hydroxyl groups is 1. The monoisotopic (exact) mass is 172 g/mol. The van der Waals surface area contributed by atoms with Gasteiger partial charge in [0.2, 0.25) is 5.28 Å². The molecule has 0 amide bonds. The molecule has 11 heavy (non-hydrogen) atoms. The van der Waals surface area contributed by atoms with Gasteiger partial charge in [-0.25, -0.2) is 9.97 Å². The van der Waals surface area contributed by atoms with Crippen LogP contribution in [0.1, 0.15) is 17.0 Å². The van der Waals surface area contributed by atoms with E-state index in [9.17, 15) is 0 Å². The van der Waals surface area contributed by atoms with Gasteiger partial charge in [0.25, 0.3) is 0 Å². The van der Waals surface area contributed by atoms with Crippen LogP contribution in [0, 0.1) is 13.8 Å². The molecule has 0 unspecified atom stereocenters. The molecule has 1 rings (SSSR count). The second-order valence-electron chi connectivity index (χ2n) is 2.30. The first-order chi connectivity index (χ1) is 5.15. The summed E-state index contributed by atoms with van der Waals surface area (Å²) in [5.41, 5.74) is 2.24. The third kappa shape index (κ3) is 1.67. The van der Waals surface area contributed by atoms with E-state index in [1.807, 2.05) is 0 Å². The van der Waals surface area contributed by atoms with Gasteiger partial charge in [0, 0.05) is 17.0 Å². The number of aromatic nitrogens is 2. The third-order valence-corrected chi connectivity index (χ3v) is 1.72. The summed E-state index contributed by atoms with van der Waals surface area (Å²) in [6.07, 6.45) is 0. The van der Waals surface area contributed by atoms with Crippen molar-refractivity contribution >= 4 is 11.6 Å². The second kappa shape index (κ2) is 3.15. The second-order valence-corrected chi connectivity index (χ2v) is 2.64. The zero-order valence-electron chi connectivity index (χ0n) is 6.43. The predicted octanol–water partition coefficient (Wildman–Crippen LogP) is 1.24. The lowest BCUT2D eigenvalue weighted by molar-refractivity contribution is 0.279. The van der Waals surface area contributed by atoms with E-state index in [-0.39, 0.29) is 11.9 Å². The smallest absolute Gasteiger partial charge is 0.222 e. The first-order valence-corrected chi connectivity index (χ1v) is 3.63. The fourth-order valence-electron chi connectivity index (χ4n) is 0.927. The number of aliphatic hydroxyl groups excluding tert-OH is 1. The van der Waals surface area contributed by atoms with Crippen LogP contribution in [0.5, 0.6) is 0 Å². The van der Waals surface area contributed by atoms with E-state index in [1.165, 1.54) is 0 Å². The summed E-state index contributed by atoms with van der Waals surface area (Å²) in [6, 6.07) is 0. The molecule has 1 aromatic rings. The van der Waals surface area contributed by atoms with Gasteiger partial charge in [0.15, 0.2) is 0 Å². The minimum atomic E-state index is -0.0329. The highest BCUT2D eigenvalue weighted by Gasteiger charge is 2.04. The van der Waals surface area contributed by atoms with E-state index in [0.29, 0.717) is 0 Å². The quantitative estimate of drug-likeness (QED) is 0.649. The number of aryl methyl sites for hydroxylation is 2. The summed E-state index contributed by atoms with van der Waals surface area (Å²) in [4.78, 5) is 7.80. The van der Waals surface area contributed by atoms with Crippen molar-refractivity contribution < 1.29 is 5.11 Å². The van der Waals surface area contributed by atoms with Crippen LogP contribution in [0.4, 0.5) is 0 Å². The van der Waals surface area contributed by atoms with Gasteiger partial charge in [-0.1, -0.05) is 0 Å². The Morgan fingerprint density at radius 2 is 1.73 bits per heavy atom. The molecule has 0 radical (unpaired) electrons. The van der Waals surface area contributed by atoms with Gasteiger partial charge in [-0.05, 0) is 25.4 Å². The number of nitrogens with zero attached hydrogens (tertiary/aromatic N) is 2. The lowest BCUT2D eigenvalue weighted by Crippen LogP contribution is -1.99. The predicted molar refractivity (Wildman–Crippen MR) is 42.4 cm³/mol. The Balaban J connectivity index is 3.25. The van der Waals surface area contributed by atoms with Crippen molar-refractivity contribution in [2.75, 3.05) is 0 Å². The lowest BCUT2D eigenvalue weighted by atomic mass is 10.2. The van der Waals surface area contributed by atoms with Gasteiger partial charge < -0.3 is 5.11 Å². The van der Waals surface area contributed by atoms with Crippen LogP contribution in [0.3, 0.4) is 0 Å². The summed E-state index contributed by atoms with van der Waals surface area (Å²) in [5.74, 6) is 0. The van der Waals surface area contributed by atoms with Crippen LogP contribution in [0.25, 0.3) is 0 Å². The van der Waals surface area contributed by atoms with E-state index >= 15 is 0 Å². The molecule has 1 aromatic heterocycles. The highest BCUT2D eigenvalue weighted by atomic mass is 35.5. The molecule has 0 aliphatic carbocycles. The first-order valence-electron chi connectivity index (χ1n) is 3.25. The van der Waals surface area contributed by atoms with E-state index in [4.69, 9.17) is 16.7 Å². The highest BCUT2D eigenvalue weighted by Crippen LogP contribution is 2.11. The molecule has 0 fully saturated rings. The van der Waals surface area contributed by atoms with Crippen molar-refractivity contribution in [3.63, 3.8) is 0 Å². The standard InChI is InChI=1S/C7H9ClN2O/c1-4-6(3-11)5(2)10-7(8)9-4/h11H,3H2,1-2H3. The molecule has 0 atom stereocenters. The van der Waals surface area contributed by atoms with Crippen molar-refractivity contribution in [3.8, 4) is 0 Å². The molecule has 0 saturated carbocycles. The molecule has 1 N–H and O–H groups in total. The maximum atomic E-state index is 8.87. The maximum absolute atomic E-state index is 8.87. The van der Waals surface area contributed by atoms with Gasteiger partial charge in [-0.15, -0.1) is 0 Å². The van der Waals surface area contributed by atoms with E-state index in [2.05, 4.69) is 9.97 Å². The Labute approximate surface area is 70.1 Å². The van der Waals surface area contributed by atoms with E-state index in [0.717, 1.165) is 17.0 Å². The average Bonchev–Trinajstić information content (AvgIpc) is 1.85. The maximum Gasteiger partial charge on any atom is 0.222 e. The summed E-state index contributed by atoms with van der Waals surface area (Å²) in [7, 11) is 0. The lowest BCUT2D eigenvalue weighted by Gasteiger charge is -2.04. The highest BCUT2D eigenvalue weighted by molar-refractivity contribution is 6.28. The summed E-state index contributed by atoms with van der Waals surface area (Å²) in [5, 5.41) is 9.10. The van der Waals surface area contributed by atoms with Crippen molar-refractivity contribution in [1.29, 1.82) is 0 Å². The van der Waals surface area contributed by atoms with Crippen molar-refractivity contribution in [3.05, 3.63) is 22.2 Å². The van der Waals surface area contributed by atoms with Crippen molar-refractivity contribution in [2.24, 2.45) is 0 Å². The van der Waals surface area contributed by atoms with Crippen LogP contribution < -0.4 is 0 Å². The molecule has 1 heterocycles. The van der Waals surface area contributed by atoms with Crippen LogP contribution in [-0.2, 0) is 6.61 Å². The molecule has 0 spiro atoms. The molecule has 0 bridgehead atoms. The van der Waals surface area contributed by atoms with Gasteiger partial charge in [-0.3, -0.25) is 0 Å². The van der Waals surface area contributed by atoms with Crippen molar-refractivity contribution in [2.45, 2.75) is 20.5 Å². The fraction of sp³-hybridized carbons (Fsp3) is 0.429. The third-order valence-electron chi connectivity index (χ3n) is 1.55. The summed E-state index contributed by atoms with van der Waals surface area (Å²) >= 11 is 5.58. The molecule has 0 aromatic carbocycles. The molecule has 0 aliphatic rings. The van der Waals surface area contributed by atoms with Gasteiger partial charge in [0.1, 0.15) is 0 Å². The minimum Gasteiger partial charge on any atom is -0.392 e. The molecule has 3 nitrogen and oxygen atoms in total. The Bertz CT molecular complexity index is 252. The zero-order chi connectivity index (χ0) is 8.43. The zero-order valence-corrected chi connectivity index (χ0v) is 7.18. The molecular weight excluding hydrogens is 164 g/mol. The Morgan fingerprint density at radius 1 is 1.27 bits per heavy atom. The molecule has 4 heteroatoms. The summed E-state index contributed by atoms with van der Waals surface area (Å²) in [6.45, 7) is 3.56.